The third-order valence-electron chi connectivity index (χ3n) is 5.61. The molecule has 0 radical (unpaired) electrons. The molecule has 10 heteroatoms. The Balaban J connectivity index is 1.42. The van der Waals surface area contributed by atoms with Crippen molar-refractivity contribution in [3.8, 4) is 22.9 Å². The maximum Gasteiger partial charge on any atom is 0.247 e. The lowest BCUT2D eigenvalue weighted by atomic mass is 10.2. The molecule has 2 aromatic heterocycles. The van der Waals surface area contributed by atoms with Gasteiger partial charge in [0.15, 0.2) is 5.16 Å². The van der Waals surface area contributed by atoms with Crippen molar-refractivity contribution in [2.24, 2.45) is 0 Å². The van der Waals surface area contributed by atoms with Crippen LogP contribution in [0.2, 0.25) is 0 Å². The van der Waals surface area contributed by atoms with Crippen molar-refractivity contribution in [1.29, 1.82) is 0 Å². The fourth-order valence-corrected chi connectivity index (χ4v) is 4.58. The summed E-state index contributed by atoms with van der Waals surface area (Å²) in [6.45, 7) is 7.01. The molecule has 4 aromatic rings. The molecule has 0 saturated carbocycles. The Bertz CT molecular complexity index is 1230. The number of hydrogen-bond donors (Lipinski definition) is 0. The van der Waals surface area contributed by atoms with Crippen molar-refractivity contribution in [2.45, 2.75) is 24.3 Å². The number of nitrogens with zero attached hydrogens (tertiary/aromatic N) is 6. The van der Waals surface area contributed by atoms with E-state index in [1.165, 1.54) is 17.3 Å². The zero-order chi connectivity index (χ0) is 23.5. The van der Waals surface area contributed by atoms with E-state index in [9.17, 15) is 0 Å². The maximum absolute atomic E-state index is 5.99. The molecule has 0 N–H and O–H groups in total. The van der Waals surface area contributed by atoms with E-state index >= 15 is 0 Å². The van der Waals surface area contributed by atoms with Crippen molar-refractivity contribution in [3.63, 3.8) is 0 Å². The second-order valence-corrected chi connectivity index (χ2v) is 9.29. The van der Waals surface area contributed by atoms with Crippen LogP contribution in [-0.4, -0.2) is 58.4 Å². The van der Waals surface area contributed by atoms with Crippen molar-refractivity contribution in [2.75, 3.05) is 38.3 Å². The van der Waals surface area contributed by atoms with Gasteiger partial charge in [-0.15, -0.1) is 20.4 Å². The van der Waals surface area contributed by atoms with Gasteiger partial charge in [0, 0.05) is 18.7 Å². The van der Waals surface area contributed by atoms with E-state index in [1.807, 2.05) is 31.2 Å². The maximum atomic E-state index is 5.99. The molecule has 176 valence electrons. The predicted molar refractivity (Wildman–Crippen MR) is 130 cm³/mol. The first-order chi connectivity index (χ1) is 16.6. The Labute approximate surface area is 202 Å². The number of morpholine rings is 1. The van der Waals surface area contributed by atoms with Gasteiger partial charge in [0.05, 0.1) is 31.3 Å². The summed E-state index contributed by atoms with van der Waals surface area (Å²) >= 11 is 1.54. The summed E-state index contributed by atoms with van der Waals surface area (Å²) in [5, 5.41) is 18.2. The van der Waals surface area contributed by atoms with Crippen LogP contribution in [0.1, 0.15) is 23.6 Å². The molecule has 1 saturated heterocycles. The van der Waals surface area contributed by atoms with Crippen LogP contribution in [0.3, 0.4) is 0 Å². The number of thioether (sulfide) groups is 1. The van der Waals surface area contributed by atoms with Gasteiger partial charge in [-0.25, -0.2) is 0 Å². The van der Waals surface area contributed by atoms with Gasteiger partial charge in [-0.2, -0.15) is 0 Å². The van der Waals surface area contributed by atoms with Crippen molar-refractivity contribution in [1.82, 2.24) is 25.0 Å². The van der Waals surface area contributed by atoms with E-state index in [4.69, 9.17) is 13.9 Å². The number of methoxy groups -OCH3 is 1. The number of aryl methyl sites for hydroxylation is 1. The normalized spacial score (nSPS) is 14.9. The standard InChI is InChI=1S/C24H26N6O3S/c1-16-4-8-19(9-5-16)30-23(29-12-14-32-15-13-29)27-28-24(30)34-17(2)21-25-26-22(33-21)18-6-10-20(31-3)11-7-18/h4-11,17H,12-15H2,1-3H3/t17-/m1/s1. The highest BCUT2D eigenvalue weighted by Gasteiger charge is 2.25. The van der Waals surface area contributed by atoms with Crippen LogP contribution in [0, 0.1) is 6.92 Å². The summed E-state index contributed by atoms with van der Waals surface area (Å²) in [6, 6.07) is 15.9. The number of hydrogen-bond acceptors (Lipinski definition) is 9. The summed E-state index contributed by atoms with van der Waals surface area (Å²) in [5.41, 5.74) is 3.05. The Morgan fingerprint density at radius 3 is 2.38 bits per heavy atom. The van der Waals surface area contributed by atoms with E-state index in [0.29, 0.717) is 25.0 Å². The van der Waals surface area contributed by atoms with Gasteiger partial charge < -0.3 is 18.8 Å². The fraction of sp³-hybridized carbons (Fsp3) is 0.333. The fourth-order valence-electron chi connectivity index (χ4n) is 3.68. The van der Waals surface area contributed by atoms with Crippen LogP contribution in [0.25, 0.3) is 17.1 Å². The van der Waals surface area contributed by atoms with E-state index in [2.05, 4.69) is 61.1 Å². The van der Waals surface area contributed by atoms with Gasteiger partial charge in [-0.3, -0.25) is 4.57 Å². The first-order valence-corrected chi connectivity index (χ1v) is 12.0. The second-order valence-electron chi connectivity index (χ2n) is 7.99. The van der Waals surface area contributed by atoms with E-state index in [1.54, 1.807) is 7.11 Å². The van der Waals surface area contributed by atoms with E-state index in [-0.39, 0.29) is 5.25 Å². The van der Waals surface area contributed by atoms with Crippen LogP contribution < -0.4 is 9.64 Å². The highest BCUT2D eigenvalue weighted by Crippen LogP contribution is 2.37. The lowest BCUT2D eigenvalue weighted by molar-refractivity contribution is 0.122. The lowest BCUT2D eigenvalue weighted by Gasteiger charge is -2.28. The smallest absolute Gasteiger partial charge is 0.247 e. The second kappa shape index (κ2) is 9.86. The number of aromatic nitrogens is 5. The zero-order valence-electron chi connectivity index (χ0n) is 19.3. The molecule has 0 unspecified atom stereocenters. The monoisotopic (exact) mass is 478 g/mol. The summed E-state index contributed by atoms with van der Waals surface area (Å²) in [5.74, 6) is 2.59. The average molecular weight is 479 g/mol. The van der Waals surface area contributed by atoms with Crippen LogP contribution >= 0.6 is 11.8 Å². The average Bonchev–Trinajstić information content (AvgIpc) is 3.53. The Hall–Kier alpha value is -3.37. The molecule has 2 aromatic carbocycles. The minimum atomic E-state index is -0.120. The minimum absolute atomic E-state index is 0.120. The number of anilines is 1. The third-order valence-corrected chi connectivity index (χ3v) is 6.64. The quantitative estimate of drug-likeness (QED) is 0.360. The molecular weight excluding hydrogens is 452 g/mol. The van der Waals surface area contributed by atoms with Crippen LogP contribution in [0.15, 0.2) is 58.1 Å². The Morgan fingerprint density at radius 1 is 0.941 bits per heavy atom. The topological polar surface area (TPSA) is 91.3 Å². The number of benzene rings is 2. The van der Waals surface area contributed by atoms with Crippen molar-refractivity contribution >= 4 is 17.7 Å². The molecule has 0 aliphatic carbocycles. The summed E-state index contributed by atoms with van der Waals surface area (Å²) in [6.07, 6.45) is 0. The first kappa shape index (κ1) is 22.4. The van der Waals surface area contributed by atoms with Gasteiger partial charge in [0.25, 0.3) is 0 Å². The molecule has 0 amide bonds. The van der Waals surface area contributed by atoms with Crippen LogP contribution in [0.4, 0.5) is 5.95 Å². The van der Waals surface area contributed by atoms with E-state index in [0.717, 1.165) is 41.2 Å². The Kier molecular flexibility index (Phi) is 6.50. The molecule has 1 atom stereocenters. The number of rotatable bonds is 7. The first-order valence-electron chi connectivity index (χ1n) is 11.1. The van der Waals surface area contributed by atoms with Crippen LogP contribution in [-0.2, 0) is 4.74 Å². The van der Waals surface area contributed by atoms with Crippen molar-refractivity contribution in [3.05, 3.63) is 60.0 Å². The molecule has 0 bridgehead atoms. The molecule has 5 rings (SSSR count). The van der Waals surface area contributed by atoms with Crippen molar-refractivity contribution < 1.29 is 13.9 Å². The molecule has 1 fully saturated rings. The number of ether oxygens (including phenoxy) is 2. The largest absolute Gasteiger partial charge is 0.497 e. The molecule has 9 nitrogen and oxygen atoms in total. The molecule has 34 heavy (non-hydrogen) atoms. The SMILES string of the molecule is COc1ccc(-c2nnc([C@@H](C)Sc3nnc(N4CCOCC4)n3-c3ccc(C)cc3)o2)cc1. The summed E-state index contributed by atoms with van der Waals surface area (Å²) in [4.78, 5) is 2.21. The summed E-state index contributed by atoms with van der Waals surface area (Å²) < 4.78 is 18.8. The van der Waals surface area contributed by atoms with Gasteiger partial charge in [-0.1, -0.05) is 29.5 Å². The minimum Gasteiger partial charge on any atom is -0.497 e. The highest BCUT2D eigenvalue weighted by atomic mass is 32.2. The third kappa shape index (κ3) is 4.64. The molecule has 3 heterocycles. The van der Waals surface area contributed by atoms with Gasteiger partial charge in [0.1, 0.15) is 5.75 Å². The van der Waals surface area contributed by atoms with E-state index < -0.39 is 0 Å². The summed E-state index contributed by atoms with van der Waals surface area (Å²) in [7, 11) is 1.64. The lowest BCUT2D eigenvalue weighted by Crippen LogP contribution is -2.37. The van der Waals surface area contributed by atoms with Gasteiger partial charge >= 0.3 is 0 Å². The molecule has 1 aliphatic rings. The van der Waals surface area contributed by atoms with Crippen LogP contribution in [0.5, 0.6) is 5.75 Å². The molecule has 1 aliphatic heterocycles. The predicted octanol–water partition coefficient (Wildman–Crippen LogP) is 4.32. The zero-order valence-corrected chi connectivity index (χ0v) is 20.2. The molecular formula is C24H26N6O3S. The van der Waals surface area contributed by atoms with Gasteiger partial charge in [0.2, 0.25) is 17.7 Å². The van der Waals surface area contributed by atoms with Gasteiger partial charge in [-0.05, 0) is 50.2 Å². The molecule has 0 spiro atoms. The highest BCUT2D eigenvalue weighted by molar-refractivity contribution is 7.99. The Morgan fingerprint density at radius 2 is 1.68 bits per heavy atom.